The van der Waals surface area contributed by atoms with Gasteiger partial charge in [0.15, 0.2) is 0 Å². The van der Waals surface area contributed by atoms with Gasteiger partial charge < -0.3 is 5.73 Å². The third-order valence-corrected chi connectivity index (χ3v) is 4.89. The molecular weight excluding hydrogens is 236 g/mol. The van der Waals surface area contributed by atoms with Crippen LogP contribution in [0.2, 0.25) is 0 Å². The number of hydrogen-bond acceptors (Lipinski definition) is 3. The number of rotatable bonds is 4. The Morgan fingerprint density at radius 3 is 2.71 bits per heavy atom. The summed E-state index contributed by atoms with van der Waals surface area (Å²) in [6.07, 6.45) is 1.97. The van der Waals surface area contributed by atoms with E-state index in [0.29, 0.717) is 22.1 Å². The molecule has 94 valence electrons. The maximum Gasteiger partial charge on any atom is 0.241 e. The number of anilines is 1. The third kappa shape index (κ3) is 2.61. The van der Waals surface area contributed by atoms with Crippen LogP contribution in [0.5, 0.6) is 0 Å². The smallest absolute Gasteiger partial charge is 0.241 e. The van der Waals surface area contributed by atoms with Gasteiger partial charge >= 0.3 is 0 Å². The number of hydrogen-bond donors (Lipinski definition) is 2. The maximum atomic E-state index is 12.1. The average Bonchev–Trinajstić information content (AvgIpc) is 2.94. The summed E-state index contributed by atoms with van der Waals surface area (Å²) in [5.41, 5.74) is 6.88. The molecule has 4 nitrogen and oxygen atoms in total. The Balaban J connectivity index is 2.20. The standard InChI is InChI=1S/C12H18N2O2S/c1-3-9-7-11(9)14-17(15,16)12-5-4-10(13)6-8(12)2/h4-6,9,11,14H,3,7,13H2,1-2H3. The van der Waals surface area contributed by atoms with Gasteiger partial charge in [0, 0.05) is 11.7 Å². The quantitative estimate of drug-likeness (QED) is 0.803. The lowest BCUT2D eigenvalue weighted by molar-refractivity contribution is 0.575. The molecule has 1 aromatic rings. The van der Waals surface area contributed by atoms with E-state index in [-0.39, 0.29) is 6.04 Å². The summed E-state index contributed by atoms with van der Waals surface area (Å²) >= 11 is 0. The van der Waals surface area contributed by atoms with Crippen LogP contribution in [0.25, 0.3) is 0 Å². The lowest BCUT2D eigenvalue weighted by Gasteiger charge is -2.09. The van der Waals surface area contributed by atoms with Crippen LogP contribution in [0.3, 0.4) is 0 Å². The summed E-state index contributed by atoms with van der Waals surface area (Å²) in [5, 5.41) is 0. The second-order valence-electron chi connectivity index (χ2n) is 4.66. The zero-order valence-corrected chi connectivity index (χ0v) is 10.9. The van der Waals surface area contributed by atoms with Crippen LogP contribution in [-0.4, -0.2) is 14.5 Å². The highest BCUT2D eigenvalue weighted by Gasteiger charge is 2.38. The van der Waals surface area contributed by atoms with Gasteiger partial charge in [-0.2, -0.15) is 0 Å². The molecule has 1 aliphatic rings. The minimum Gasteiger partial charge on any atom is -0.399 e. The SMILES string of the molecule is CCC1CC1NS(=O)(=O)c1ccc(N)cc1C. The summed E-state index contributed by atoms with van der Waals surface area (Å²) in [4.78, 5) is 0.327. The van der Waals surface area contributed by atoms with Gasteiger partial charge in [-0.25, -0.2) is 13.1 Å². The zero-order valence-electron chi connectivity index (χ0n) is 10.1. The van der Waals surface area contributed by atoms with E-state index in [1.54, 1.807) is 25.1 Å². The Morgan fingerprint density at radius 1 is 1.47 bits per heavy atom. The van der Waals surface area contributed by atoms with Crippen molar-refractivity contribution in [1.82, 2.24) is 4.72 Å². The maximum absolute atomic E-state index is 12.1. The summed E-state index contributed by atoms with van der Waals surface area (Å²) in [6.45, 7) is 3.84. The molecule has 5 heteroatoms. The van der Waals surface area contributed by atoms with Gasteiger partial charge in [-0.05, 0) is 43.0 Å². The Bertz CT molecular complexity index is 525. The topological polar surface area (TPSA) is 72.2 Å². The highest BCUT2D eigenvalue weighted by Crippen LogP contribution is 2.34. The van der Waals surface area contributed by atoms with E-state index < -0.39 is 10.0 Å². The highest BCUT2D eigenvalue weighted by molar-refractivity contribution is 7.89. The van der Waals surface area contributed by atoms with Crippen molar-refractivity contribution in [3.8, 4) is 0 Å². The fraction of sp³-hybridized carbons (Fsp3) is 0.500. The molecule has 1 aromatic carbocycles. The minimum atomic E-state index is -3.39. The highest BCUT2D eigenvalue weighted by atomic mass is 32.2. The van der Waals surface area contributed by atoms with E-state index in [2.05, 4.69) is 11.6 Å². The van der Waals surface area contributed by atoms with Crippen molar-refractivity contribution < 1.29 is 8.42 Å². The molecule has 2 atom stereocenters. The monoisotopic (exact) mass is 254 g/mol. The molecule has 2 rings (SSSR count). The van der Waals surface area contributed by atoms with Crippen molar-refractivity contribution in [2.24, 2.45) is 5.92 Å². The molecule has 3 N–H and O–H groups in total. The molecule has 0 spiro atoms. The Hall–Kier alpha value is -1.07. The second-order valence-corrected chi connectivity index (χ2v) is 6.34. The lowest BCUT2D eigenvalue weighted by atomic mass is 10.2. The Kier molecular flexibility index (Phi) is 3.14. The summed E-state index contributed by atoms with van der Waals surface area (Å²) in [7, 11) is -3.39. The fourth-order valence-corrected chi connectivity index (χ4v) is 3.62. The summed E-state index contributed by atoms with van der Waals surface area (Å²) in [6, 6.07) is 4.97. The van der Waals surface area contributed by atoms with E-state index in [1.807, 2.05) is 0 Å². The van der Waals surface area contributed by atoms with Crippen molar-refractivity contribution in [2.75, 3.05) is 5.73 Å². The fourth-order valence-electron chi connectivity index (χ4n) is 2.08. The normalized spacial score (nSPS) is 23.6. The van der Waals surface area contributed by atoms with Crippen LogP contribution in [0.1, 0.15) is 25.3 Å². The van der Waals surface area contributed by atoms with E-state index in [1.165, 1.54) is 0 Å². The van der Waals surface area contributed by atoms with Gasteiger partial charge in [0.1, 0.15) is 0 Å². The van der Waals surface area contributed by atoms with Gasteiger partial charge in [-0.3, -0.25) is 0 Å². The molecule has 1 aliphatic carbocycles. The predicted molar refractivity (Wildman–Crippen MR) is 68.1 cm³/mol. The van der Waals surface area contributed by atoms with Gasteiger partial charge in [0.25, 0.3) is 0 Å². The van der Waals surface area contributed by atoms with Crippen molar-refractivity contribution in [1.29, 1.82) is 0 Å². The zero-order chi connectivity index (χ0) is 12.6. The molecule has 0 bridgehead atoms. The number of benzene rings is 1. The van der Waals surface area contributed by atoms with Crippen molar-refractivity contribution in [3.63, 3.8) is 0 Å². The predicted octanol–water partition coefficient (Wildman–Crippen LogP) is 1.65. The molecule has 1 fully saturated rings. The second kappa shape index (κ2) is 4.31. The molecule has 2 unspecified atom stereocenters. The van der Waals surface area contributed by atoms with E-state index >= 15 is 0 Å². The number of nitrogens with one attached hydrogen (secondary N) is 1. The number of aryl methyl sites for hydroxylation is 1. The van der Waals surface area contributed by atoms with Crippen LogP contribution in [0.4, 0.5) is 5.69 Å². The summed E-state index contributed by atoms with van der Waals surface area (Å²) in [5.74, 6) is 0.499. The molecule has 1 saturated carbocycles. The van der Waals surface area contributed by atoms with Gasteiger partial charge in [0.05, 0.1) is 4.90 Å². The van der Waals surface area contributed by atoms with Gasteiger partial charge in [0.2, 0.25) is 10.0 Å². The molecule has 0 radical (unpaired) electrons. The van der Waals surface area contributed by atoms with Crippen molar-refractivity contribution >= 4 is 15.7 Å². The molecule has 0 heterocycles. The number of sulfonamides is 1. The molecule has 0 aromatic heterocycles. The van der Waals surface area contributed by atoms with E-state index in [0.717, 1.165) is 12.8 Å². The van der Waals surface area contributed by atoms with E-state index in [4.69, 9.17) is 5.73 Å². The van der Waals surface area contributed by atoms with E-state index in [9.17, 15) is 8.42 Å². The van der Waals surface area contributed by atoms with Gasteiger partial charge in [-0.1, -0.05) is 13.3 Å². The number of nitrogen functional groups attached to an aromatic ring is 1. The lowest BCUT2D eigenvalue weighted by Crippen LogP contribution is -2.27. The molecular formula is C12H18N2O2S. The largest absolute Gasteiger partial charge is 0.399 e. The molecule has 0 aliphatic heterocycles. The first-order valence-corrected chi connectivity index (χ1v) is 7.31. The molecule has 0 saturated heterocycles. The first kappa shape index (κ1) is 12.4. The molecule has 17 heavy (non-hydrogen) atoms. The van der Waals surface area contributed by atoms with Crippen LogP contribution >= 0.6 is 0 Å². The van der Waals surface area contributed by atoms with Crippen molar-refractivity contribution in [3.05, 3.63) is 23.8 Å². The Labute approximate surface area is 102 Å². The van der Waals surface area contributed by atoms with Crippen molar-refractivity contribution in [2.45, 2.75) is 37.6 Å². The average molecular weight is 254 g/mol. The first-order valence-electron chi connectivity index (χ1n) is 5.82. The molecule has 0 amide bonds. The minimum absolute atomic E-state index is 0.113. The van der Waals surface area contributed by atoms with Crippen LogP contribution in [0, 0.1) is 12.8 Å². The third-order valence-electron chi connectivity index (χ3n) is 3.24. The van der Waals surface area contributed by atoms with Gasteiger partial charge in [-0.15, -0.1) is 0 Å². The first-order chi connectivity index (χ1) is 7.94. The Morgan fingerprint density at radius 2 is 2.18 bits per heavy atom. The van der Waals surface area contributed by atoms with Crippen LogP contribution < -0.4 is 10.5 Å². The van der Waals surface area contributed by atoms with Crippen LogP contribution in [-0.2, 0) is 10.0 Å². The number of nitrogens with two attached hydrogens (primary N) is 1. The summed E-state index contributed by atoms with van der Waals surface area (Å²) < 4.78 is 27.0. The van der Waals surface area contributed by atoms with Crippen LogP contribution in [0.15, 0.2) is 23.1 Å².